The molecule has 2 rings (SSSR count). The van der Waals surface area contributed by atoms with E-state index in [-0.39, 0.29) is 0 Å². The molecule has 0 aliphatic heterocycles. The SMILES string of the molecule is Cc1ccc2[nH]cc(CN)c2c1O. The van der Waals surface area contributed by atoms with Crippen molar-refractivity contribution in [1.29, 1.82) is 0 Å². The zero-order chi connectivity index (χ0) is 9.42. The number of phenolic OH excluding ortho intramolecular Hbond substituents is 1. The van der Waals surface area contributed by atoms with Gasteiger partial charge in [-0.2, -0.15) is 0 Å². The van der Waals surface area contributed by atoms with E-state index in [4.69, 9.17) is 5.73 Å². The first-order valence-electron chi connectivity index (χ1n) is 4.22. The monoisotopic (exact) mass is 176 g/mol. The standard InChI is InChI=1S/C10H12N2O/c1-6-2-3-8-9(10(6)13)7(4-11)5-12-8/h2-3,5,12-13H,4,11H2,1H3. The molecular weight excluding hydrogens is 164 g/mol. The minimum Gasteiger partial charge on any atom is -0.507 e. The van der Waals surface area contributed by atoms with Crippen LogP contribution in [0.5, 0.6) is 5.75 Å². The fourth-order valence-corrected chi connectivity index (χ4v) is 1.54. The summed E-state index contributed by atoms with van der Waals surface area (Å²) in [6.07, 6.45) is 1.84. The number of aromatic nitrogens is 1. The molecule has 2 aromatic rings. The van der Waals surface area contributed by atoms with Gasteiger partial charge >= 0.3 is 0 Å². The number of aromatic amines is 1. The van der Waals surface area contributed by atoms with E-state index < -0.39 is 0 Å². The second-order valence-corrected chi connectivity index (χ2v) is 3.17. The summed E-state index contributed by atoms with van der Waals surface area (Å²) in [4.78, 5) is 3.07. The zero-order valence-electron chi connectivity index (χ0n) is 7.46. The summed E-state index contributed by atoms with van der Waals surface area (Å²) in [7, 11) is 0. The van der Waals surface area contributed by atoms with Gasteiger partial charge in [-0.05, 0) is 24.1 Å². The van der Waals surface area contributed by atoms with Crippen LogP contribution in [-0.4, -0.2) is 10.1 Å². The van der Waals surface area contributed by atoms with Gasteiger partial charge in [-0.3, -0.25) is 0 Å². The van der Waals surface area contributed by atoms with E-state index in [1.165, 1.54) is 0 Å². The molecule has 0 saturated carbocycles. The average molecular weight is 176 g/mol. The number of hydrogen-bond acceptors (Lipinski definition) is 2. The smallest absolute Gasteiger partial charge is 0.128 e. The van der Waals surface area contributed by atoms with Crippen LogP contribution in [0, 0.1) is 6.92 Å². The van der Waals surface area contributed by atoms with Crippen molar-refractivity contribution in [3.8, 4) is 5.75 Å². The summed E-state index contributed by atoms with van der Waals surface area (Å²) in [5.74, 6) is 0.333. The molecule has 0 radical (unpaired) electrons. The summed E-state index contributed by atoms with van der Waals surface area (Å²) in [5.41, 5.74) is 8.31. The highest BCUT2D eigenvalue weighted by Crippen LogP contribution is 2.30. The van der Waals surface area contributed by atoms with Crippen molar-refractivity contribution < 1.29 is 5.11 Å². The Balaban J connectivity index is 2.85. The van der Waals surface area contributed by atoms with Crippen molar-refractivity contribution in [2.24, 2.45) is 5.73 Å². The summed E-state index contributed by atoms with van der Waals surface area (Å²) < 4.78 is 0. The molecular formula is C10H12N2O. The van der Waals surface area contributed by atoms with Crippen LogP contribution in [-0.2, 0) is 6.54 Å². The molecule has 3 heteroatoms. The van der Waals surface area contributed by atoms with Gasteiger partial charge in [0.2, 0.25) is 0 Å². The number of rotatable bonds is 1. The largest absolute Gasteiger partial charge is 0.507 e. The van der Waals surface area contributed by atoms with Crippen LogP contribution in [0.25, 0.3) is 10.9 Å². The van der Waals surface area contributed by atoms with Gasteiger partial charge in [-0.15, -0.1) is 0 Å². The summed E-state index contributed by atoms with van der Waals surface area (Å²) in [5, 5.41) is 10.6. The summed E-state index contributed by atoms with van der Waals surface area (Å²) in [6.45, 7) is 2.32. The molecule has 0 unspecified atom stereocenters. The number of aromatic hydroxyl groups is 1. The second-order valence-electron chi connectivity index (χ2n) is 3.17. The number of nitrogens with one attached hydrogen (secondary N) is 1. The van der Waals surface area contributed by atoms with Crippen molar-refractivity contribution in [3.63, 3.8) is 0 Å². The number of aryl methyl sites for hydroxylation is 1. The fraction of sp³-hybridized carbons (Fsp3) is 0.200. The van der Waals surface area contributed by atoms with E-state index in [0.717, 1.165) is 22.0 Å². The molecule has 0 spiro atoms. The van der Waals surface area contributed by atoms with Gasteiger partial charge in [0.05, 0.1) is 0 Å². The van der Waals surface area contributed by atoms with E-state index in [2.05, 4.69) is 4.98 Å². The number of fused-ring (bicyclic) bond motifs is 1. The van der Waals surface area contributed by atoms with Crippen LogP contribution >= 0.6 is 0 Å². The Kier molecular flexibility index (Phi) is 1.74. The predicted molar refractivity (Wildman–Crippen MR) is 52.6 cm³/mol. The molecule has 0 atom stereocenters. The lowest BCUT2D eigenvalue weighted by molar-refractivity contribution is 0.477. The minimum atomic E-state index is 0.333. The van der Waals surface area contributed by atoms with Crippen molar-refractivity contribution in [2.45, 2.75) is 13.5 Å². The number of phenols is 1. The molecule has 0 amide bonds. The molecule has 13 heavy (non-hydrogen) atoms. The first-order valence-corrected chi connectivity index (χ1v) is 4.22. The zero-order valence-corrected chi connectivity index (χ0v) is 7.46. The predicted octanol–water partition coefficient (Wildman–Crippen LogP) is 1.64. The number of nitrogens with two attached hydrogens (primary N) is 1. The first-order chi connectivity index (χ1) is 6.24. The van der Waals surface area contributed by atoms with Gasteiger partial charge < -0.3 is 15.8 Å². The molecule has 1 aromatic heterocycles. The van der Waals surface area contributed by atoms with Crippen LogP contribution < -0.4 is 5.73 Å². The molecule has 4 N–H and O–H groups in total. The van der Waals surface area contributed by atoms with Gasteiger partial charge in [-0.25, -0.2) is 0 Å². The van der Waals surface area contributed by atoms with E-state index >= 15 is 0 Å². The summed E-state index contributed by atoms with van der Waals surface area (Å²) in [6, 6.07) is 3.83. The molecule has 68 valence electrons. The Bertz CT molecular complexity index is 445. The van der Waals surface area contributed by atoms with Crippen LogP contribution in [0.2, 0.25) is 0 Å². The van der Waals surface area contributed by atoms with Crippen LogP contribution in [0.4, 0.5) is 0 Å². The van der Waals surface area contributed by atoms with Gasteiger partial charge in [0.15, 0.2) is 0 Å². The lowest BCUT2D eigenvalue weighted by Crippen LogP contribution is -1.94. The molecule has 0 fully saturated rings. The van der Waals surface area contributed by atoms with Gasteiger partial charge in [-0.1, -0.05) is 6.07 Å². The third kappa shape index (κ3) is 1.09. The van der Waals surface area contributed by atoms with Crippen LogP contribution in [0.1, 0.15) is 11.1 Å². The molecule has 3 nitrogen and oxygen atoms in total. The molecule has 0 saturated heterocycles. The van der Waals surface area contributed by atoms with Crippen LogP contribution in [0.3, 0.4) is 0 Å². The normalized spacial score (nSPS) is 10.9. The molecule has 0 aliphatic rings. The van der Waals surface area contributed by atoms with Gasteiger partial charge in [0.1, 0.15) is 5.75 Å². The maximum atomic E-state index is 9.78. The molecule has 0 aliphatic carbocycles. The van der Waals surface area contributed by atoms with Crippen molar-refractivity contribution >= 4 is 10.9 Å². The number of H-pyrrole nitrogens is 1. The Morgan fingerprint density at radius 2 is 2.23 bits per heavy atom. The highest BCUT2D eigenvalue weighted by atomic mass is 16.3. The third-order valence-electron chi connectivity index (χ3n) is 2.32. The first kappa shape index (κ1) is 8.13. The van der Waals surface area contributed by atoms with Crippen molar-refractivity contribution in [3.05, 3.63) is 29.5 Å². The molecule has 0 bridgehead atoms. The summed E-state index contributed by atoms with van der Waals surface area (Å²) >= 11 is 0. The van der Waals surface area contributed by atoms with Gasteiger partial charge in [0.25, 0.3) is 0 Å². The van der Waals surface area contributed by atoms with Crippen LogP contribution in [0.15, 0.2) is 18.3 Å². The van der Waals surface area contributed by atoms with Crippen molar-refractivity contribution in [2.75, 3.05) is 0 Å². The van der Waals surface area contributed by atoms with E-state index in [9.17, 15) is 5.11 Å². The maximum absolute atomic E-state index is 9.78. The lowest BCUT2D eigenvalue weighted by atomic mass is 10.1. The van der Waals surface area contributed by atoms with E-state index in [1.807, 2.05) is 25.3 Å². The Morgan fingerprint density at radius 3 is 2.92 bits per heavy atom. The Morgan fingerprint density at radius 1 is 1.46 bits per heavy atom. The third-order valence-corrected chi connectivity index (χ3v) is 2.32. The number of benzene rings is 1. The maximum Gasteiger partial charge on any atom is 0.128 e. The fourth-order valence-electron chi connectivity index (χ4n) is 1.54. The van der Waals surface area contributed by atoms with Gasteiger partial charge in [0, 0.05) is 23.6 Å². The van der Waals surface area contributed by atoms with E-state index in [0.29, 0.717) is 12.3 Å². The quantitative estimate of drug-likeness (QED) is 0.618. The molecule has 1 aromatic carbocycles. The minimum absolute atomic E-state index is 0.333. The number of hydrogen-bond donors (Lipinski definition) is 3. The van der Waals surface area contributed by atoms with Crippen molar-refractivity contribution in [1.82, 2.24) is 4.98 Å². The second kappa shape index (κ2) is 2.78. The molecule has 1 heterocycles. The average Bonchev–Trinajstić information content (AvgIpc) is 2.55. The lowest BCUT2D eigenvalue weighted by Gasteiger charge is -2.01. The van der Waals surface area contributed by atoms with E-state index in [1.54, 1.807) is 0 Å². The Hall–Kier alpha value is -1.48. The highest BCUT2D eigenvalue weighted by molar-refractivity contribution is 5.90. The topological polar surface area (TPSA) is 62.0 Å². The highest BCUT2D eigenvalue weighted by Gasteiger charge is 2.08. The Labute approximate surface area is 76.2 Å².